The average molecular weight is 334 g/mol. The van der Waals surface area contributed by atoms with E-state index in [4.69, 9.17) is 5.73 Å². The van der Waals surface area contributed by atoms with Crippen LogP contribution in [0, 0.1) is 0 Å². The zero-order chi connectivity index (χ0) is 13.4. The normalized spacial score (nSPS) is 10.8. The van der Waals surface area contributed by atoms with Gasteiger partial charge in [-0.05, 0) is 29.1 Å². The average Bonchev–Trinajstić information content (AvgIpc) is 2.99. The summed E-state index contributed by atoms with van der Waals surface area (Å²) in [5.74, 6) is 0.680. The van der Waals surface area contributed by atoms with E-state index in [1.165, 1.54) is 0 Å². The fourth-order valence-corrected chi connectivity index (χ4v) is 3.11. The van der Waals surface area contributed by atoms with Crippen molar-refractivity contribution in [3.63, 3.8) is 0 Å². The van der Waals surface area contributed by atoms with Gasteiger partial charge >= 0.3 is 0 Å². The largest absolute Gasteiger partial charge is 0.383 e. The number of hydrogen-bond donors (Lipinski definition) is 1. The molecule has 1 aromatic carbocycles. The lowest BCUT2D eigenvalue weighted by Crippen LogP contribution is -1.97. The van der Waals surface area contributed by atoms with Crippen LogP contribution in [0.5, 0.6) is 0 Å². The highest BCUT2D eigenvalue weighted by atomic mass is 79.9. The van der Waals surface area contributed by atoms with Crippen molar-refractivity contribution in [3.8, 4) is 22.4 Å². The van der Waals surface area contributed by atoms with Crippen molar-refractivity contribution >= 4 is 33.1 Å². The van der Waals surface area contributed by atoms with Crippen LogP contribution in [0.25, 0.3) is 22.4 Å². The number of nitrogens with zero attached hydrogens (tertiary/aromatic N) is 2. The van der Waals surface area contributed by atoms with Crippen LogP contribution in [0.1, 0.15) is 0 Å². The van der Waals surface area contributed by atoms with Gasteiger partial charge in [0.05, 0.1) is 5.56 Å². The highest BCUT2D eigenvalue weighted by Crippen LogP contribution is 2.37. The molecule has 0 bridgehead atoms. The van der Waals surface area contributed by atoms with Gasteiger partial charge in [-0.25, -0.2) is 0 Å². The van der Waals surface area contributed by atoms with E-state index in [9.17, 15) is 0 Å². The number of nitrogens with two attached hydrogens (primary N) is 1. The molecule has 2 N–H and O–H groups in total. The number of benzene rings is 1. The zero-order valence-corrected chi connectivity index (χ0v) is 12.7. The molecule has 0 amide bonds. The summed E-state index contributed by atoms with van der Waals surface area (Å²) in [7, 11) is 1.87. The lowest BCUT2D eigenvalue weighted by Gasteiger charge is -2.04. The number of nitrogen functional groups attached to an aromatic ring is 1. The van der Waals surface area contributed by atoms with Gasteiger partial charge in [0.1, 0.15) is 11.5 Å². The molecular formula is C14H12BrN3S. The summed E-state index contributed by atoms with van der Waals surface area (Å²) in [4.78, 5) is 0. The summed E-state index contributed by atoms with van der Waals surface area (Å²) in [5.41, 5.74) is 10.3. The summed E-state index contributed by atoms with van der Waals surface area (Å²) in [5, 5.41) is 8.67. The molecule has 5 heteroatoms. The zero-order valence-electron chi connectivity index (χ0n) is 10.3. The minimum absolute atomic E-state index is 0.680. The van der Waals surface area contributed by atoms with E-state index < -0.39 is 0 Å². The number of anilines is 1. The first kappa shape index (κ1) is 12.4. The maximum Gasteiger partial charge on any atom is 0.129 e. The fraction of sp³-hybridized carbons (Fsp3) is 0.0714. The summed E-state index contributed by atoms with van der Waals surface area (Å²) in [6.07, 6.45) is 0. The smallest absolute Gasteiger partial charge is 0.129 e. The molecule has 0 atom stereocenters. The van der Waals surface area contributed by atoms with Gasteiger partial charge in [0.25, 0.3) is 0 Å². The van der Waals surface area contributed by atoms with E-state index >= 15 is 0 Å². The van der Waals surface area contributed by atoms with Gasteiger partial charge in [0.2, 0.25) is 0 Å². The monoisotopic (exact) mass is 333 g/mol. The van der Waals surface area contributed by atoms with Crippen LogP contribution >= 0.6 is 27.3 Å². The maximum atomic E-state index is 6.18. The third kappa shape index (κ3) is 2.19. The molecule has 2 aromatic heterocycles. The Morgan fingerprint density at radius 2 is 2.11 bits per heavy atom. The van der Waals surface area contributed by atoms with Crippen molar-refractivity contribution in [2.24, 2.45) is 7.05 Å². The minimum atomic E-state index is 0.680. The molecule has 0 radical (unpaired) electrons. The molecule has 3 aromatic rings. The van der Waals surface area contributed by atoms with E-state index in [0.29, 0.717) is 5.82 Å². The number of rotatable bonds is 2. The lowest BCUT2D eigenvalue weighted by atomic mass is 10.0. The van der Waals surface area contributed by atoms with Crippen LogP contribution in [-0.2, 0) is 7.05 Å². The second-order valence-corrected chi connectivity index (χ2v) is 5.95. The van der Waals surface area contributed by atoms with Gasteiger partial charge < -0.3 is 5.73 Å². The summed E-state index contributed by atoms with van der Waals surface area (Å²) in [6.45, 7) is 0. The standard InChI is InChI=1S/C14H12BrN3S/c1-18-14(16)12(9-3-2-4-11(15)7-9)13(17-18)10-5-6-19-8-10/h2-8H,16H2,1H3. The molecule has 0 unspecified atom stereocenters. The Hall–Kier alpha value is -1.59. The van der Waals surface area contributed by atoms with E-state index in [-0.39, 0.29) is 0 Å². The second kappa shape index (κ2) is 4.83. The van der Waals surface area contributed by atoms with Crippen LogP contribution < -0.4 is 5.73 Å². The molecule has 2 heterocycles. The van der Waals surface area contributed by atoms with Crippen LogP contribution in [0.2, 0.25) is 0 Å². The summed E-state index contributed by atoms with van der Waals surface area (Å²) < 4.78 is 2.76. The fourth-order valence-electron chi connectivity index (χ4n) is 2.07. The predicted molar refractivity (Wildman–Crippen MR) is 84.1 cm³/mol. The highest BCUT2D eigenvalue weighted by molar-refractivity contribution is 9.10. The van der Waals surface area contributed by atoms with E-state index in [2.05, 4.69) is 38.5 Å². The van der Waals surface area contributed by atoms with Gasteiger partial charge in [-0.15, -0.1) is 0 Å². The van der Waals surface area contributed by atoms with Crippen LogP contribution in [0.15, 0.2) is 45.6 Å². The van der Waals surface area contributed by atoms with Gasteiger partial charge in [-0.2, -0.15) is 16.4 Å². The third-order valence-corrected chi connectivity index (χ3v) is 4.18. The molecule has 0 fully saturated rings. The number of hydrogen-bond acceptors (Lipinski definition) is 3. The van der Waals surface area contributed by atoms with Gasteiger partial charge in [0.15, 0.2) is 0 Å². The Bertz CT molecular complexity index is 716. The molecule has 0 saturated carbocycles. The number of halogens is 1. The highest BCUT2D eigenvalue weighted by Gasteiger charge is 2.17. The molecule has 96 valence electrons. The van der Waals surface area contributed by atoms with Crippen molar-refractivity contribution in [2.75, 3.05) is 5.73 Å². The Kier molecular flexibility index (Phi) is 3.16. The van der Waals surface area contributed by atoms with Crippen molar-refractivity contribution in [3.05, 3.63) is 45.6 Å². The SMILES string of the molecule is Cn1nc(-c2ccsc2)c(-c2cccc(Br)c2)c1N. The molecule has 0 aliphatic heterocycles. The molecule has 3 rings (SSSR count). The first-order chi connectivity index (χ1) is 9.16. The first-order valence-electron chi connectivity index (χ1n) is 5.78. The Morgan fingerprint density at radius 1 is 1.26 bits per heavy atom. The lowest BCUT2D eigenvalue weighted by molar-refractivity contribution is 0.782. The van der Waals surface area contributed by atoms with Crippen molar-refractivity contribution in [2.45, 2.75) is 0 Å². The molecule has 0 saturated heterocycles. The van der Waals surface area contributed by atoms with E-state index in [1.807, 2.05) is 30.6 Å². The summed E-state index contributed by atoms with van der Waals surface area (Å²) >= 11 is 5.16. The summed E-state index contributed by atoms with van der Waals surface area (Å²) in [6, 6.07) is 10.2. The van der Waals surface area contributed by atoms with Crippen molar-refractivity contribution in [1.29, 1.82) is 0 Å². The molecular weight excluding hydrogens is 322 g/mol. The van der Waals surface area contributed by atoms with Gasteiger partial charge in [-0.1, -0.05) is 28.1 Å². The Balaban J connectivity index is 2.26. The molecule has 0 aliphatic carbocycles. The predicted octanol–water partition coefficient (Wildman–Crippen LogP) is 4.16. The van der Waals surface area contributed by atoms with E-state index in [1.54, 1.807) is 16.0 Å². The van der Waals surface area contributed by atoms with E-state index in [0.717, 1.165) is 26.9 Å². The quantitative estimate of drug-likeness (QED) is 0.765. The Morgan fingerprint density at radius 3 is 2.79 bits per heavy atom. The van der Waals surface area contributed by atoms with Gasteiger partial charge in [-0.3, -0.25) is 4.68 Å². The number of aryl methyl sites for hydroxylation is 1. The van der Waals surface area contributed by atoms with Crippen LogP contribution in [-0.4, -0.2) is 9.78 Å². The number of aromatic nitrogens is 2. The van der Waals surface area contributed by atoms with Gasteiger partial charge in [0, 0.05) is 22.5 Å². The Labute approximate surface area is 123 Å². The third-order valence-electron chi connectivity index (χ3n) is 3.00. The topological polar surface area (TPSA) is 43.8 Å². The second-order valence-electron chi connectivity index (χ2n) is 4.25. The number of thiophene rings is 1. The van der Waals surface area contributed by atoms with Crippen molar-refractivity contribution in [1.82, 2.24) is 9.78 Å². The maximum absolute atomic E-state index is 6.18. The molecule has 0 spiro atoms. The minimum Gasteiger partial charge on any atom is -0.383 e. The first-order valence-corrected chi connectivity index (χ1v) is 7.51. The molecule has 3 nitrogen and oxygen atoms in total. The van der Waals surface area contributed by atoms with Crippen LogP contribution in [0.3, 0.4) is 0 Å². The molecule has 0 aliphatic rings. The van der Waals surface area contributed by atoms with Crippen molar-refractivity contribution < 1.29 is 0 Å². The van der Waals surface area contributed by atoms with Crippen LogP contribution in [0.4, 0.5) is 5.82 Å². The molecule has 19 heavy (non-hydrogen) atoms.